The summed E-state index contributed by atoms with van der Waals surface area (Å²) in [5.41, 5.74) is 3.25. The molecule has 0 saturated heterocycles. The van der Waals surface area contributed by atoms with E-state index in [4.69, 9.17) is 5.73 Å². The fraction of sp³-hybridized carbons (Fsp3) is 0.250. The topological polar surface area (TPSA) is 69.2 Å². The zero-order valence-corrected chi connectivity index (χ0v) is 9.30. The van der Waals surface area contributed by atoms with Gasteiger partial charge in [-0.3, -0.25) is 10.1 Å². The number of benzene rings is 1. The van der Waals surface area contributed by atoms with Crippen LogP contribution in [0, 0.1) is 10.1 Å². The highest BCUT2D eigenvalue weighted by Crippen LogP contribution is 2.37. The Labute approximate surface area is 96.5 Å². The fourth-order valence-corrected chi connectivity index (χ4v) is 1.71. The van der Waals surface area contributed by atoms with Gasteiger partial charge in [0.05, 0.1) is 15.0 Å². The predicted molar refractivity (Wildman–Crippen MR) is 53.7 cm³/mol. The third kappa shape index (κ3) is 2.50. The molecular weight excluding hydrogens is 293 g/mol. The first-order valence-electron chi connectivity index (χ1n) is 4.01. The molecule has 1 rings (SSSR count). The molecule has 0 aliphatic heterocycles. The molecule has 0 aromatic heterocycles. The molecule has 1 aromatic carbocycles. The lowest BCUT2D eigenvalue weighted by Gasteiger charge is -2.11. The molecule has 2 N–H and O–H groups in total. The van der Waals surface area contributed by atoms with Gasteiger partial charge >= 0.3 is 6.18 Å². The summed E-state index contributed by atoms with van der Waals surface area (Å²) in [6.45, 7) is -0.342. The van der Waals surface area contributed by atoms with E-state index in [0.717, 1.165) is 6.07 Å². The predicted octanol–water partition coefficient (Wildman–Crippen LogP) is 2.83. The Morgan fingerprint density at radius 3 is 2.38 bits per heavy atom. The van der Waals surface area contributed by atoms with Gasteiger partial charge < -0.3 is 5.73 Å². The van der Waals surface area contributed by atoms with Gasteiger partial charge in [-0.2, -0.15) is 13.2 Å². The third-order valence-corrected chi connectivity index (χ3v) is 2.53. The van der Waals surface area contributed by atoms with Crippen LogP contribution in [0.5, 0.6) is 0 Å². The summed E-state index contributed by atoms with van der Waals surface area (Å²) in [4.78, 5) is 9.59. The highest BCUT2D eigenvalue weighted by Gasteiger charge is 2.35. The number of nitro benzene ring substituents is 1. The number of rotatable bonds is 2. The largest absolute Gasteiger partial charge is 0.416 e. The van der Waals surface area contributed by atoms with Crippen LogP contribution >= 0.6 is 15.9 Å². The van der Waals surface area contributed by atoms with Crippen LogP contribution in [0.1, 0.15) is 11.1 Å². The summed E-state index contributed by atoms with van der Waals surface area (Å²) in [5.74, 6) is 0. The summed E-state index contributed by atoms with van der Waals surface area (Å²) in [7, 11) is 0. The smallest absolute Gasteiger partial charge is 0.326 e. The summed E-state index contributed by atoms with van der Waals surface area (Å²) < 4.78 is 37.5. The molecule has 0 amide bonds. The number of alkyl halides is 3. The third-order valence-electron chi connectivity index (χ3n) is 1.89. The molecule has 4 nitrogen and oxygen atoms in total. The Hall–Kier alpha value is -1.15. The summed E-state index contributed by atoms with van der Waals surface area (Å²) >= 11 is 2.82. The van der Waals surface area contributed by atoms with Crippen LogP contribution in [-0.4, -0.2) is 4.92 Å². The maximum atomic E-state index is 12.5. The van der Waals surface area contributed by atoms with Gasteiger partial charge in [-0.05, 0) is 27.6 Å². The molecule has 88 valence electrons. The van der Waals surface area contributed by atoms with Gasteiger partial charge in [0.15, 0.2) is 0 Å². The number of hydrogen-bond acceptors (Lipinski definition) is 3. The summed E-state index contributed by atoms with van der Waals surface area (Å²) in [5, 5.41) is 10.5. The van der Waals surface area contributed by atoms with E-state index in [9.17, 15) is 23.3 Å². The van der Waals surface area contributed by atoms with E-state index in [0.29, 0.717) is 6.07 Å². The summed E-state index contributed by atoms with van der Waals surface area (Å²) in [6, 6.07) is 1.49. The van der Waals surface area contributed by atoms with Crippen molar-refractivity contribution in [3.8, 4) is 0 Å². The maximum Gasteiger partial charge on any atom is 0.416 e. The lowest BCUT2D eigenvalue weighted by atomic mass is 10.1. The molecule has 1 aromatic rings. The van der Waals surface area contributed by atoms with Gasteiger partial charge in [0.1, 0.15) is 0 Å². The van der Waals surface area contributed by atoms with Crippen molar-refractivity contribution in [2.45, 2.75) is 12.7 Å². The summed E-state index contributed by atoms with van der Waals surface area (Å²) in [6.07, 6.45) is -4.65. The van der Waals surface area contributed by atoms with Gasteiger partial charge in [-0.15, -0.1) is 0 Å². The van der Waals surface area contributed by atoms with Gasteiger partial charge in [0.25, 0.3) is 5.69 Å². The molecule has 0 aliphatic carbocycles. The lowest BCUT2D eigenvalue weighted by Crippen LogP contribution is -2.12. The van der Waals surface area contributed by atoms with Crippen LogP contribution in [-0.2, 0) is 12.7 Å². The van der Waals surface area contributed by atoms with Crippen molar-refractivity contribution < 1.29 is 18.1 Å². The normalized spacial score (nSPS) is 11.6. The van der Waals surface area contributed by atoms with Crippen LogP contribution in [0.15, 0.2) is 16.6 Å². The van der Waals surface area contributed by atoms with E-state index in [1.165, 1.54) is 0 Å². The van der Waals surface area contributed by atoms with Gasteiger partial charge in [0.2, 0.25) is 0 Å². The van der Waals surface area contributed by atoms with Crippen molar-refractivity contribution in [1.29, 1.82) is 0 Å². The van der Waals surface area contributed by atoms with Crippen LogP contribution in [0.4, 0.5) is 18.9 Å². The average Bonchev–Trinajstić information content (AvgIpc) is 2.14. The van der Waals surface area contributed by atoms with Crippen LogP contribution in [0.2, 0.25) is 0 Å². The van der Waals surface area contributed by atoms with Crippen LogP contribution in [0.25, 0.3) is 0 Å². The second-order valence-electron chi connectivity index (χ2n) is 2.92. The molecule has 16 heavy (non-hydrogen) atoms. The van der Waals surface area contributed by atoms with E-state index in [1.54, 1.807) is 0 Å². The molecule has 0 heterocycles. The van der Waals surface area contributed by atoms with Gasteiger partial charge in [-0.1, -0.05) is 0 Å². The van der Waals surface area contributed by atoms with E-state index >= 15 is 0 Å². The minimum absolute atomic E-state index is 0.0223. The number of nitro groups is 1. The fourth-order valence-electron chi connectivity index (χ4n) is 1.18. The molecule has 0 fully saturated rings. The monoisotopic (exact) mass is 298 g/mol. The highest BCUT2D eigenvalue weighted by molar-refractivity contribution is 9.10. The molecule has 0 saturated carbocycles. The van der Waals surface area contributed by atoms with Gasteiger partial charge in [-0.25, -0.2) is 0 Å². The zero-order chi connectivity index (χ0) is 12.5. The highest BCUT2D eigenvalue weighted by atomic mass is 79.9. The number of nitrogens with two attached hydrogens (primary N) is 1. The maximum absolute atomic E-state index is 12.5. The average molecular weight is 299 g/mol. The first kappa shape index (κ1) is 12.9. The molecule has 0 radical (unpaired) electrons. The second-order valence-corrected chi connectivity index (χ2v) is 3.77. The first-order chi connectivity index (χ1) is 7.27. The number of halogens is 4. The number of nitrogens with zero attached hydrogens (tertiary/aromatic N) is 1. The van der Waals surface area contributed by atoms with E-state index in [2.05, 4.69) is 15.9 Å². The van der Waals surface area contributed by atoms with Crippen molar-refractivity contribution in [2.75, 3.05) is 0 Å². The SMILES string of the molecule is NCc1cc(Br)c([N+](=O)[O-])cc1C(F)(F)F. The Morgan fingerprint density at radius 2 is 2.00 bits per heavy atom. The molecule has 0 unspecified atom stereocenters. The standard InChI is InChI=1S/C8H6BrF3N2O2/c9-6-1-4(3-13)5(8(10,11)12)2-7(6)14(15)16/h1-2H,3,13H2. The zero-order valence-electron chi connectivity index (χ0n) is 7.71. The van der Waals surface area contributed by atoms with E-state index in [-0.39, 0.29) is 16.6 Å². The number of hydrogen-bond donors (Lipinski definition) is 1. The lowest BCUT2D eigenvalue weighted by molar-refractivity contribution is -0.385. The molecule has 8 heteroatoms. The van der Waals surface area contributed by atoms with Crippen LogP contribution in [0.3, 0.4) is 0 Å². The van der Waals surface area contributed by atoms with Crippen molar-refractivity contribution in [3.63, 3.8) is 0 Å². The van der Waals surface area contributed by atoms with E-state index < -0.39 is 22.4 Å². The van der Waals surface area contributed by atoms with Gasteiger partial charge in [0, 0.05) is 12.6 Å². The first-order valence-corrected chi connectivity index (χ1v) is 4.80. The second kappa shape index (κ2) is 4.38. The minimum Gasteiger partial charge on any atom is -0.326 e. The quantitative estimate of drug-likeness (QED) is 0.674. The van der Waals surface area contributed by atoms with Crippen molar-refractivity contribution in [3.05, 3.63) is 37.8 Å². The Kier molecular flexibility index (Phi) is 3.54. The Morgan fingerprint density at radius 1 is 1.44 bits per heavy atom. The van der Waals surface area contributed by atoms with Crippen molar-refractivity contribution in [2.24, 2.45) is 5.73 Å². The molecular formula is C8H6BrF3N2O2. The van der Waals surface area contributed by atoms with Crippen molar-refractivity contribution >= 4 is 21.6 Å². The Bertz CT molecular complexity index is 434. The van der Waals surface area contributed by atoms with Crippen LogP contribution < -0.4 is 5.73 Å². The molecule has 0 spiro atoms. The minimum atomic E-state index is -4.65. The molecule has 0 atom stereocenters. The van der Waals surface area contributed by atoms with E-state index in [1.807, 2.05) is 0 Å². The Balaban J connectivity index is 3.47. The molecule has 0 bridgehead atoms. The molecule has 0 aliphatic rings. The van der Waals surface area contributed by atoms with Crippen molar-refractivity contribution in [1.82, 2.24) is 0 Å².